The minimum Gasteiger partial charge on any atom is -0.463 e. The van der Waals surface area contributed by atoms with Gasteiger partial charge in [0.1, 0.15) is 0 Å². The first kappa shape index (κ1) is 22.8. The Morgan fingerprint density at radius 2 is 1.45 bits per heavy atom. The molecule has 0 aliphatic rings. The van der Waals surface area contributed by atoms with Crippen molar-refractivity contribution in [1.82, 2.24) is 0 Å². The summed E-state index contributed by atoms with van der Waals surface area (Å²) >= 11 is 0. The smallest absolute Gasteiger partial charge is 0.463 e. The molecule has 0 saturated heterocycles. The highest BCUT2D eigenvalue weighted by Crippen LogP contribution is 2.25. The molecule has 22 heavy (non-hydrogen) atoms. The highest BCUT2D eigenvalue weighted by molar-refractivity contribution is 7.45. The SMILES string of the molecule is C=CC(=O)OCCCCCCOC(=O)C(=C)C.O=P(O)(O)O. The molecule has 8 nitrogen and oxygen atoms in total. The van der Waals surface area contributed by atoms with Crippen molar-refractivity contribution in [3.05, 3.63) is 24.8 Å². The Kier molecular flexibility index (Phi) is 13.7. The lowest BCUT2D eigenvalue weighted by Crippen LogP contribution is -2.06. The zero-order valence-electron chi connectivity index (χ0n) is 12.6. The Hall–Kier alpha value is -1.47. The average Bonchev–Trinajstić information content (AvgIpc) is 2.39. The van der Waals surface area contributed by atoms with Crippen LogP contribution in [-0.2, 0) is 23.6 Å². The van der Waals surface area contributed by atoms with Gasteiger partial charge in [-0.05, 0) is 32.6 Å². The van der Waals surface area contributed by atoms with Crippen LogP contribution in [0.25, 0.3) is 0 Å². The fraction of sp³-hybridized carbons (Fsp3) is 0.538. The first-order chi connectivity index (χ1) is 10.1. The van der Waals surface area contributed by atoms with E-state index in [2.05, 4.69) is 13.2 Å². The molecular formula is C13H23O8P. The normalized spacial score (nSPS) is 10.0. The molecule has 0 aromatic carbocycles. The summed E-state index contributed by atoms with van der Waals surface area (Å²) in [4.78, 5) is 43.2. The van der Waals surface area contributed by atoms with E-state index in [0.29, 0.717) is 18.8 Å². The second-order valence-electron chi connectivity index (χ2n) is 4.22. The molecule has 0 aromatic rings. The standard InChI is InChI=1S/C13H20O4.H3O4P/c1-4-12(14)16-9-7-5-6-8-10-17-13(15)11(2)3;1-5(2,3)4/h4H,1-2,5-10H2,3H3;(H3,1,2,3,4). The fourth-order valence-corrected chi connectivity index (χ4v) is 1.08. The Labute approximate surface area is 129 Å². The number of phosphoric acid groups is 1. The Bertz CT molecular complexity index is 404. The number of unbranched alkanes of at least 4 members (excludes halogenated alkanes) is 3. The second-order valence-corrected chi connectivity index (χ2v) is 5.24. The molecule has 0 spiro atoms. The highest BCUT2D eigenvalue weighted by atomic mass is 31.2. The van der Waals surface area contributed by atoms with E-state index in [9.17, 15) is 9.59 Å². The molecule has 0 aromatic heterocycles. The van der Waals surface area contributed by atoms with E-state index in [-0.39, 0.29) is 11.9 Å². The van der Waals surface area contributed by atoms with Crippen molar-refractivity contribution in [3.8, 4) is 0 Å². The topological polar surface area (TPSA) is 130 Å². The number of carbonyl (C=O) groups excluding carboxylic acids is 2. The van der Waals surface area contributed by atoms with Gasteiger partial charge in [0, 0.05) is 11.6 Å². The van der Waals surface area contributed by atoms with Gasteiger partial charge < -0.3 is 24.2 Å². The van der Waals surface area contributed by atoms with Gasteiger partial charge in [0.2, 0.25) is 0 Å². The van der Waals surface area contributed by atoms with Crippen molar-refractivity contribution < 1.29 is 38.3 Å². The maximum absolute atomic E-state index is 11.0. The second kappa shape index (κ2) is 13.2. The number of carbonyl (C=O) groups is 2. The van der Waals surface area contributed by atoms with Crippen molar-refractivity contribution in [2.45, 2.75) is 32.6 Å². The number of hydrogen-bond donors (Lipinski definition) is 3. The van der Waals surface area contributed by atoms with Crippen molar-refractivity contribution in [1.29, 1.82) is 0 Å². The van der Waals surface area contributed by atoms with Crippen LogP contribution in [-0.4, -0.2) is 39.8 Å². The van der Waals surface area contributed by atoms with Crippen molar-refractivity contribution in [3.63, 3.8) is 0 Å². The van der Waals surface area contributed by atoms with Gasteiger partial charge in [0.15, 0.2) is 0 Å². The number of rotatable bonds is 9. The van der Waals surface area contributed by atoms with Crippen LogP contribution in [0.5, 0.6) is 0 Å². The van der Waals surface area contributed by atoms with Gasteiger partial charge in [0.25, 0.3) is 0 Å². The largest absolute Gasteiger partial charge is 0.466 e. The van der Waals surface area contributed by atoms with E-state index in [0.717, 1.165) is 31.8 Å². The first-order valence-corrected chi connectivity index (χ1v) is 8.04. The Balaban J connectivity index is 0. The molecule has 0 saturated carbocycles. The molecule has 0 atom stereocenters. The van der Waals surface area contributed by atoms with Crippen molar-refractivity contribution >= 4 is 19.8 Å². The van der Waals surface area contributed by atoms with Crippen LogP contribution in [0.2, 0.25) is 0 Å². The molecule has 0 unspecified atom stereocenters. The summed E-state index contributed by atoms with van der Waals surface area (Å²) in [6.45, 7) is 9.24. The van der Waals surface area contributed by atoms with E-state index in [1.807, 2.05) is 0 Å². The molecular weight excluding hydrogens is 315 g/mol. The summed E-state index contributed by atoms with van der Waals surface area (Å²) in [5, 5.41) is 0. The zero-order chi connectivity index (χ0) is 17.6. The molecule has 0 fully saturated rings. The number of ether oxygens (including phenoxy) is 2. The van der Waals surface area contributed by atoms with Gasteiger partial charge in [-0.15, -0.1) is 0 Å². The Morgan fingerprint density at radius 3 is 1.82 bits per heavy atom. The van der Waals surface area contributed by atoms with Crippen LogP contribution in [0, 0.1) is 0 Å². The summed E-state index contributed by atoms with van der Waals surface area (Å²) in [6.07, 6.45) is 4.66. The maximum atomic E-state index is 11.0. The van der Waals surface area contributed by atoms with Crippen LogP contribution in [0.3, 0.4) is 0 Å². The van der Waals surface area contributed by atoms with Crippen LogP contribution < -0.4 is 0 Å². The maximum Gasteiger partial charge on any atom is 0.466 e. The molecule has 3 N–H and O–H groups in total. The minimum atomic E-state index is -4.64. The molecule has 0 bridgehead atoms. The zero-order valence-corrected chi connectivity index (χ0v) is 13.5. The molecule has 128 valence electrons. The van der Waals surface area contributed by atoms with Gasteiger partial charge in [-0.1, -0.05) is 13.2 Å². The predicted octanol–water partition coefficient (Wildman–Crippen LogP) is 1.47. The lowest BCUT2D eigenvalue weighted by Gasteiger charge is -2.04. The van der Waals surface area contributed by atoms with E-state index in [1.165, 1.54) is 0 Å². The van der Waals surface area contributed by atoms with Crippen LogP contribution in [0.15, 0.2) is 24.8 Å². The van der Waals surface area contributed by atoms with Crippen LogP contribution in [0.1, 0.15) is 32.6 Å². The monoisotopic (exact) mass is 338 g/mol. The van der Waals surface area contributed by atoms with Gasteiger partial charge in [0.05, 0.1) is 13.2 Å². The van der Waals surface area contributed by atoms with E-state index >= 15 is 0 Å². The molecule has 0 amide bonds. The molecule has 9 heteroatoms. The summed E-state index contributed by atoms with van der Waals surface area (Å²) < 4.78 is 18.6. The summed E-state index contributed by atoms with van der Waals surface area (Å²) in [7, 11) is -4.64. The molecule has 0 aliphatic heterocycles. The highest BCUT2D eigenvalue weighted by Gasteiger charge is 2.02. The quantitative estimate of drug-likeness (QED) is 0.249. The lowest BCUT2D eigenvalue weighted by molar-refractivity contribution is -0.139. The van der Waals surface area contributed by atoms with E-state index in [4.69, 9.17) is 28.7 Å². The predicted molar refractivity (Wildman–Crippen MR) is 79.7 cm³/mol. The molecule has 0 radical (unpaired) electrons. The van der Waals surface area contributed by atoms with Crippen LogP contribution >= 0.6 is 7.82 Å². The third-order valence-corrected chi connectivity index (χ3v) is 2.03. The minimum absolute atomic E-state index is 0.343. The van der Waals surface area contributed by atoms with Crippen LogP contribution in [0.4, 0.5) is 0 Å². The molecule has 0 heterocycles. The van der Waals surface area contributed by atoms with Gasteiger partial charge >= 0.3 is 19.8 Å². The molecule has 0 rings (SSSR count). The Morgan fingerprint density at radius 1 is 1.05 bits per heavy atom. The average molecular weight is 338 g/mol. The lowest BCUT2D eigenvalue weighted by atomic mass is 10.2. The van der Waals surface area contributed by atoms with E-state index in [1.54, 1.807) is 6.92 Å². The van der Waals surface area contributed by atoms with Gasteiger partial charge in [-0.3, -0.25) is 0 Å². The number of esters is 2. The number of hydrogen-bond acceptors (Lipinski definition) is 5. The summed E-state index contributed by atoms with van der Waals surface area (Å²) in [5.41, 5.74) is 0.418. The fourth-order valence-electron chi connectivity index (χ4n) is 1.08. The van der Waals surface area contributed by atoms with Crippen molar-refractivity contribution in [2.75, 3.05) is 13.2 Å². The first-order valence-electron chi connectivity index (χ1n) is 6.48. The third kappa shape index (κ3) is 23.6. The van der Waals surface area contributed by atoms with E-state index < -0.39 is 7.82 Å². The molecule has 0 aliphatic carbocycles. The third-order valence-electron chi connectivity index (χ3n) is 2.03. The van der Waals surface area contributed by atoms with Gasteiger partial charge in [-0.2, -0.15) is 0 Å². The summed E-state index contributed by atoms with van der Waals surface area (Å²) in [5.74, 6) is -0.731. The summed E-state index contributed by atoms with van der Waals surface area (Å²) in [6, 6.07) is 0. The van der Waals surface area contributed by atoms with Gasteiger partial charge in [-0.25, -0.2) is 14.2 Å². The van der Waals surface area contributed by atoms with Crippen molar-refractivity contribution in [2.24, 2.45) is 0 Å².